The molecular formula is C23H40O6. The van der Waals surface area contributed by atoms with E-state index < -0.39 is 34.5 Å². The van der Waals surface area contributed by atoms with Crippen molar-refractivity contribution in [1.29, 1.82) is 0 Å². The molecule has 0 aliphatic heterocycles. The SMILES string of the molecule is C=CC(=O)OC(COC(=O)C(C)(C)CC(C)(C)C(=O)OC(C)(C)C)CC(C)(C)C. The number of hydrogen-bond donors (Lipinski definition) is 0. The van der Waals surface area contributed by atoms with Crippen LogP contribution in [0.3, 0.4) is 0 Å². The molecule has 0 aromatic carbocycles. The van der Waals surface area contributed by atoms with Gasteiger partial charge in [-0.25, -0.2) is 4.79 Å². The third kappa shape index (κ3) is 11.1. The molecule has 6 nitrogen and oxygen atoms in total. The van der Waals surface area contributed by atoms with E-state index in [2.05, 4.69) is 6.58 Å². The predicted molar refractivity (Wildman–Crippen MR) is 113 cm³/mol. The number of rotatable bonds is 9. The van der Waals surface area contributed by atoms with Gasteiger partial charge in [0.05, 0.1) is 10.8 Å². The summed E-state index contributed by atoms with van der Waals surface area (Å²) in [5, 5.41) is 0. The molecule has 29 heavy (non-hydrogen) atoms. The van der Waals surface area contributed by atoms with Crippen molar-refractivity contribution >= 4 is 17.9 Å². The van der Waals surface area contributed by atoms with Gasteiger partial charge in [0.1, 0.15) is 18.3 Å². The normalized spacial score (nSPS) is 14.0. The van der Waals surface area contributed by atoms with Crippen LogP contribution in [0, 0.1) is 16.2 Å². The lowest BCUT2D eigenvalue weighted by Crippen LogP contribution is -2.40. The molecule has 0 saturated heterocycles. The lowest BCUT2D eigenvalue weighted by molar-refractivity contribution is -0.172. The van der Waals surface area contributed by atoms with Gasteiger partial charge < -0.3 is 14.2 Å². The van der Waals surface area contributed by atoms with Crippen molar-refractivity contribution in [1.82, 2.24) is 0 Å². The van der Waals surface area contributed by atoms with Crippen molar-refractivity contribution in [2.45, 2.75) is 93.8 Å². The molecule has 0 aliphatic carbocycles. The fraction of sp³-hybridized carbons (Fsp3) is 0.783. The number of carbonyl (C=O) groups excluding carboxylic acids is 3. The lowest BCUT2D eigenvalue weighted by atomic mass is 9.75. The molecule has 0 spiro atoms. The summed E-state index contributed by atoms with van der Waals surface area (Å²) in [4.78, 5) is 36.9. The van der Waals surface area contributed by atoms with Crippen molar-refractivity contribution in [2.24, 2.45) is 16.2 Å². The first-order valence-electron chi connectivity index (χ1n) is 10.0. The average molecular weight is 413 g/mol. The molecule has 0 radical (unpaired) electrons. The summed E-state index contributed by atoms with van der Waals surface area (Å²) < 4.78 is 16.3. The highest BCUT2D eigenvalue weighted by Gasteiger charge is 2.42. The van der Waals surface area contributed by atoms with E-state index in [0.717, 1.165) is 6.08 Å². The summed E-state index contributed by atoms with van der Waals surface area (Å²) >= 11 is 0. The molecule has 0 fully saturated rings. The Morgan fingerprint density at radius 3 is 1.76 bits per heavy atom. The maximum absolute atomic E-state index is 12.7. The Morgan fingerprint density at radius 1 is 0.862 bits per heavy atom. The van der Waals surface area contributed by atoms with Gasteiger partial charge in [-0.3, -0.25) is 9.59 Å². The standard InChI is InChI=1S/C23H40O6/c1-12-17(24)28-16(13-20(2,3)4)14-27-18(25)22(8,9)15-23(10,11)19(26)29-21(5,6)7/h12,16H,1,13-15H2,2-11H3. The zero-order valence-electron chi connectivity index (χ0n) is 19.9. The van der Waals surface area contributed by atoms with Crippen molar-refractivity contribution < 1.29 is 28.6 Å². The molecule has 0 aliphatic rings. The molecule has 168 valence electrons. The van der Waals surface area contributed by atoms with Gasteiger partial charge in [-0.05, 0) is 66.7 Å². The van der Waals surface area contributed by atoms with Crippen LogP contribution in [-0.4, -0.2) is 36.2 Å². The van der Waals surface area contributed by atoms with Crippen LogP contribution in [0.4, 0.5) is 0 Å². The molecule has 0 aromatic heterocycles. The van der Waals surface area contributed by atoms with Gasteiger partial charge >= 0.3 is 17.9 Å². The topological polar surface area (TPSA) is 78.9 Å². The van der Waals surface area contributed by atoms with Gasteiger partial charge in [-0.15, -0.1) is 0 Å². The van der Waals surface area contributed by atoms with Gasteiger partial charge in [0.2, 0.25) is 0 Å². The number of carbonyl (C=O) groups is 3. The Balaban J connectivity index is 5.11. The zero-order valence-corrected chi connectivity index (χ0v) is 19.9. The Labute approximate surface area is 176 Å². The minimum Gasteiger partial charge on any atom is -0.461 e. The van der Waals surface area contributed by atoms with Crippen molar-refractivity contribution in [3.63, 3.8) is 0 Å². The number of esters is 3. The van der Waals surface area contributed by atoms with Crippen LogP contribution >= 0.6 is 0 Å². The van der Waals surface area contributed by atoms with Gasteiger partial charge in [0, 0.05) is 6.08 Å². The summed E-state index contributed by atoms with van der Waals surface area (Å²) in [7, 11) is 0. The quantitative estimate of drug-likeness (QED) is 0.306. The molecule has 0 saturated carbocycles. The summed E-state index contributed by atoms with van der Waals surface area (Å²) in [6.07, 6.45) is 1.30. The molecule has 1 unspecified atom stereocenters. The fourth-order valence-electron chi connectivity index (χ4n) is 3.06. The Hall–Kier alpha value is -1.85. The lowest BCUT2D eigenvalue weighted by Gasteiger charge is -2.34. The number of hydrogen-bond acceptors (Lipinski definition) is 6. The first kappa shape index (κ1) is 27.1. The molecule has 0 amide bonds. The predicted octanol–water partition coefficient (Wildman–Crippen LogP) is 4.85. The minimum atomic E-state index is -0.921. The number of ether oxygens (including phenoxy) is 3. The smallest absolute Gasteiger partial charge is 0.330 e. The van der Waals surface area contributed by atoms with E-state index in [4.69, 9.17) is 14.2 Å². The van der Waals surface area contributed by atoms with Gasteiger partial charge in [0.15, 0.2) is 0 Å². The van der Waals surface area contributed by atoms with E-state index in [1.165, 1.54) is 0 Å². The first-order valence-corrected chi connectivity index (χ1v) is 10.0. The van der Waals surface area contributed by atoms with E-state index in [1.54, 1.807) is 48.5 Å². The van der Waals surface area contributed by atoms with Crippen molar-refractivity contribution in [3.8, 4) is 0 Å². The molecule has 0 bridgehead atoms. The largest absolute Gasteiger partial charge is 0.461 e. The fourth-order valence-corrected chi connectivity index (χ4v) is 3.06. The second-order valence-electron chi connectivity index (χ2n) is 11.1. The van der Waals surface area contributed by atoms with Crippen LogP contribution in [0.2, 0.25) is 0 Å². The molecule has 0 N–H and O–H groups in total. The molecule has 1 atom stereocenters. The highest BCUT2D eigenvalue weighted by Crippen LogP contribution is 2.36. The zero-order chi connectivity index (χ0) is 23.3. The second kappa shape index (κ2) is 9.77. The minimum absolute atomic E-state index is 0.0496. The van der Waals surface area contributed by atoms with E-state index in [9.17, 15) is 14.4 Å². The van der Waals surface area contributed by atoms with Gasteiger partial charge in [0.25, 0.3) is 0 Å². The van der Waals surface area contributed by atoms with Crippen molar-refractivity contribution in [2.75, 3.05) is 6.61 Å². The van der Waals surface area contributed by atoms with E-state index in [1.807, 2.05) is 20.8 Å². The van der Waals surface area contributed by atoms with Crippen LogP contribution < -0.4 is 0 Å². The summed E-state index contributed by atoms with van der Waals surface area (Å²) in [6, 6.07) is 0. The Bertz CT molecular complexity index is 602. The molecule has 0 aromatic rings. The van der Waals surface area contributed by atoms with Crippen molar-refractivity contribution in [3.05, 3.63) is 12.7 Å². The van der Waals surface area contributed by atoms with Crippen LogP contribution in [-0.2, 0) is 28.6 Å². The maximum atomic E-state index is 12.7. The maximum Gasteiger partial charge on any atom is 0.330 e. The molecular weight excluding hydrogens is 372 g/mol. The Kier molecular flexibility index (Phi) is 9.14. The third-order valence-electron chi connectivity index (χ3n) is 4.08. The van der Waals surface area contributed by atoms with E-state index in [-0.39, 0.29) is 24.4 Å². The van der Waals surface area contributed by atoms with E-state index in [0.29, 0.717) is 6.42 Å². The Morgan fingerprint density at radius 2 is 1.34 bits per heavy atom. The molecule has 0 rings (SSSR count). The van der Waals surface area contributed by atoms with Crippen LogP contribution in [0.1, 0.15) is 82.1 Å². The van der Waals surface area contributed by atoms with E-state index >= 15 is 0 Å². The van der Waals surface area contributed by atoms with Crippen LogP contribution in [0.25, 0.3) is 0 Å². The second-order valence-corrected chi connectivity index (χ2v) is 11.1. The monoisotopic (exact) mass is 412 g/mol. The van der Waals surface area contributed by atoms with Gasteiger partial charge in [-0.2, -0.15) is 0 Å². The average Bonchev–Trinajstić information content (AvgIpc) is 2.47. The summed E-state index contributed by atoms with van der Waals surface area (Å²) in [6.45, 7) is 21.8. The highest BCUT2D eigenvalue weighted by molar-refractivity contribution is 5.81. The first-order chi connectivity index (χ1) is 12.8. The van der Waals surface area contributed by atoms with Crippen LogP contribution in [0.5, 0.6) is 0 Å². The van der Waals surface area contributed by atoms with Crippen LogP contribution in [0.15, 0.2) is 12.7 Å². The highest BCUT2D eigenvalue weighted by atomic mass is 16.6. The third-order valence-corrected chi connectivity index (χ3v) is 4.08. The summed E-state index contributed by atoms with van der Waals surface area (Å²) in [5.74, 6) is -1.38. The summed E-state index contributed by atoms with van der Waals surface area (Å²) in [5.41, 5.74) is -2.51. The van der Waals surface area contributed by atoms with Gasteiger partial charge in [-0.1, -0.05) is 27.4 Å². The molecule has 0 heterocycles. The molecule has 6 heteroatoms.